The van der Waals surface area contributed by atoms with Gasteiger partial charge in [-0.2, -0.15) is 0 Å². The van der Waals surface area contributed by atoms with Gasteiger partial charge < -0.3 is 18.9 Å². The molecule has 0 aliphatic heterocycles. The predicted molar refractivity (Wildman–Crippen MR) is 53.4 cm³/mol. The van der Waals surface area contributed by atoms with Crippen molar-refractivity contribution in [2.45, 2.75) is 0 Å². The first-order valence-corrected chi connectivity index (χ1v) is 4.63. The van der Waals surface area contributed by atoms with E-state index in [0.717, 1.165) is 0 Å². The van der Waals surface area contributed by atoms with Crippen LogP contribution in [-0.2, 0) is 28.5 Å². The highest BCUT2D eigenvalue weighted by molar-refractivity contribution is 5.37. The van der Waals surface area contributed by atoms with E-state index in [2.05, 4.69) is 21.3 Å². The zero-order valence-electron chi connectivity index (χ0n) is 8.85. The second-order valence-electron chi connectivity index (χ2n) is 2.39. The van der Waals surface area contributed by atoms with Crippen molar-refractivity contribution in [2.75, 3.05) is 39.6 Å². The minimum Gasteiger partial charge on any atom is -0.465 e. The Balaban J connectivity index is 3.09. The van der Waals surface area contributed by atoms with Crippen LogP contribution in [0.25, 0.3) is 0 Å². The molecule has 0 unspecified atom stereocenters. The largest absolute Gasteiger partial charge is 0.465 e. The van der Waals surface area contributed by atoms with Gasteiger partial charge in [0.05, 0.1) is 13.2 Å². The molecule has 0 fully saturated rings. The summed E-state index contributed by atoms with van der Waals surface area (Å²) < 4.78 is 18.8. The molecule has 0 radical (unpaired) electrons. The van der Waals surface area contributed by atoms with E-state index in [1.54, 1.807) is 0 Å². The molecule has 0 saturated carbocycles. The molecular weight excluding hydrogens is 216 g/mol. The van der Waals surface area contributed by atoms with Crippen LogP contribution < -0.4 is 0 Å². The third-order valence-electron chi connectivity index (χ3n) is 1.30. The van der Waals surface area contributed by atoms with Gasteiger partial charge in [0.15, 0.2) is 0 Å². The first-order chi connectivity index (χ1) is 7.91. The lowest BCUT2D eigenvalue weighted by Gasteiger charge is -1.98. The number of hydrogen-bond donors (Lipinski definition) is 0. The molecule has 90 valence electrons. The second kappa shape index (κ2) is 13.4. The lowest BCUT2D eigenvalue weighted by atomic mass is 10.6. The van der Waals surface area contributed by atoms with Gasteiger partial charge in [-0.3, -0.25) is 9.59 Å². The Labute approximate surface area is 93.8 Å². The molecule has 0 aliphatic carbocycles. The van der Waals surface area contributed by atoms with E-state index in [9.17, 15) is 9.59 Å². The monoisotopic (exact) mass is 230 g/mol. The van der Waals surface area contributed by atoms with Crippen LogP contribution in [0.1, 0.15) is 0 Å². The van der Waals surface area contributed by atoms with Gasteiger partial charge in [-0.25, -0.2) is 0 Å². The van der Waals surface area contributed by atoms with E-state index in [-0.39, 0.29) is 26.4 Å². The zero-order valence-corrected chi connectivity index (χ0v) is 8.85. The summed E-state index contributed by atoms with van der Waals surface area (Å²) in [6.07, 6.45) is 0. The Morgan fingerprint density at radius 1 is 0.750 bits per heavy atom. The molecule has 0 N–H and O–H groups in total. The van der Waals surface area contributed by atoms with Crippen molar-refractivity contribution in [3.8, 4) is 11.8 Å². The van der Waals surface area contributed by atoms with Crippen molar-refractivity contribution in [2.24, 2.45) is 0 Å². The van der Waals surface area contributed by atoms with Gasteiger partial charge in [0.2, 0.25) is 0 Å². The highest BCUT2D eigenvalue weighted by Crippen LogP contribution is 1.76. The lowest BCUT2D eigenvalue weighted by molar-refractivity contribution is -0.130. The minimum atomic E-state index is 0.227. The van der Waals surface area contributed by atoms with Crippen molar-refractivity contribution in [3.63, 3.8) is 0 Å². The Morgan fingerprint density at radius 2 is 1.19 bits per heavy atom. The third kappa shape index (κ3) is 12.4. The van der Waals surface area contributed by atoms with E-state index in [1.807, 2.05) is 0 Å². The number of carbonyl (C=O) groups excluding carboxylic acids is 2. The SMILES string of the molecule is O=COCCOCC#CCOCCOC=O. The quantitative estimate of drug-likeness (QED) is 0.283. The van der Waals surface area contributed by atoms with Gasteiger partial charge in [-0.05, 0) is 0 Å². The van der Waals surface area contributed by atoms with Gasteiger partial charge in [0.1, 0.15) is 26.4 Å². The second-order valence-corrected chi connectivity index (χ2v) is 2.39. The molecule has 6 nitrogen and oxygen atoms in total. The van der Waals surface area contributed by atoms with Crippen LogP contribution in [0.2, 0.25) is 0 Å². The number of hydrogen-bond acceptors (Lipinski definition) is 6. The normalized spacial score (nSPS) is 8.75. The summed E-state index contributed by atoms with van der Waals surface area (Å²) in [5.41, 5.74) is 0. The molecule has 16 heavy (non-hydrogen) atoms. The van der Waals surface area contributed by atoms with Crippen molar-refractivity contribution >= 4 is 12.9 Å². The van der Waals surface area contributed by atoms with E-state index in [4.69, 9.17) is 9.47 Å². The standard InChI is InChI=1S/C10H14O6/c11-9-15-7-5-13-3-1-2-4-14-6-8-16-10-12/h9-10H,3-8H2. The molecule has 0 bridgehead atoms. The van der Waals surface area contributed by atoms with Crippen LogP contribution in [0.15, 0.2) is 0 Å². The highest BCUT2D eigenvalue weighted by Gasteiger charge is 1.85. The molecule has 0 saturated heterocycles. The Morgan fingerprint density at radius 3 is 1.56 bits per heavy atom. The summed E-state index contributed by atoms with van der Waals surface area (Å²) in [7, 11) is 0. The number of ether oxygens (including phenoxy) is 4. The Kier molecular flexibility index (Phi) is 12.1. The van der Waals surface area contributed by atoms with Crippen molar-refractivity contribution < 1.29 is 28.5 Å². The molecule has 0 rings (SSSR count). The molecule has 0 spiro atoms. The third-order valence-corrected chi connectivity index (χ3v) is 1.30. The van der Waals surface area contributed by atoms with E-state index < -0.39 is 0 Å². The topological polar surface area (TPSA) is 71.1 Å². The van der Waals surface area contributed by atoms with E-state index in [1.165, 1.54) is 0 Å². The van der Waals surface area contributed by atoms with Crippen LogP contribution in [0.5, 0.6) is 0 Å². The maximum atomic E-state index is 9.73. The van der Waals surface area contributed by atoms with Gasteiger partial charge in [0.25, 0.3) is 12.9 Å². The Bertz CT molecular complexity index is 207. The van der Waals surface area contributed by atoms with Crippen LogP contribution in [0.3, 0.4) is 0 Å². The molecular formula is C10H14O6. The summed E-state index contributed by atoms with van der Waals surface area (Å²) in [5, 5.41) is 0. The predicted octanol–water partition coefficient (Wildman–Crippen LogP) is -0.631. The first-order valence-electron chi connectivity index (χ1n) is 4.63. The number of carbonyl (C=O) groups is 2. The summed E-state index contributed by atoms with van der Waals surface area (Å²) in [4.78, 5) is 19.5. The molecule has 6 heteroatoms. The van der Waals surface area contributed by atoms with Crippen molar-refractivity contribution in [1.29, 1.82) is 0 Å². The van der Waals surface area contributed by atoms with Crippen LogP contribution in [-0.4, -0.2) is 52.6 Å². The van der Waals surface area contributed by atoms with Crippen molar-refractivity contribution in [1.82, 2.24) is 0 Å². The fourth-order valence-corrected chi connectivity index (χ4v) is 0.659. The van der Waals surface area contributed by atoms with Crippen molar-refractivity contribution in [3.05, 3.63) is 0 Å². The summed E-state index contributed by atoms with van der Waals surface area (Å²) >= 11 is 0. The summed E-state index contributed by atoms with van der Waals surface area (Å²) in [6, 6.07) is 0. The summed E-state index contributed by atoms with van der Waals surface area (Å²) in [5.74, 6) is 5.40. The molecule has 0 atom stereocenters. The smallest absolute Gasteiger partial charge is 0.293 e. The molecule has 0 heterocycles. The Hall–Kier alpha value is -1.58. The molecule has 0 aromatic carbocycles. The van der Waals surface area contributed by atoms with Gasteiger partial charge >= 0.3 is 0 Å². The zero-order chi connectivity index (χ0) is 11.9. The average molecular weight is 230 g/mol. The molecule has 0 amide bonds. The molecule has 0 aromatic rings. The van der Waals surface area contributed by atoms with E-state index >= 15 is 0 Å². The average Bonchev–Trinajstić information content (AvgIpc) is 2.31. The van der Waals surface area contributed by atoms with Crippen LogP contribution in [0.4, 0.5) is 0 Å². The minimum absolute atomic E-state index is 0.227. The maximum absolute atomic E-state index is 9.73. The summed E-state index contributed by atoms with van der Waals surface area (Å²) in [6.45, 7) is 2.35. The maximum Gasteiger partial charge on any atom is 0.293 e. The fraction of sp³-hybridized carbons (Fsp3) is 0.600. The number of rotatable bonds is 10. The first kappa shape index (κ1) is 14.4. The van der Waals surface area contributed by atoms with E-state index in [0.29, 0.717) is 26.2 Å². The van der Waals surface area contributed by atoms with Crippen LogP contribution in [0, 0.1) is 11.8 Å². The molecule has 0 aliphatic rings. The molecule has 0 aromatic heterocycles. The lowest BCUT2D eigenvalue weighted by Crippen LogP contribution is -2.04. The fourth-order valence-electron chi connectivity index (χ4n) is 0.659. The van der Waals surface area contributed by atoms with Crippen LogP contribution >= 0.6 is 0 Å². The highest BCUT2D eigenvalue weighted by atomic mass is 16.5. The van der Waals surface area contributed by atoms with Gasteiger partial charge in [-0.1, -0.05) is 11.8 Å². The van der Waals surface area contributed by atoms with Gasteiger partial charge in [-0.15, -0.1) is 0 Å². The van der Waals surface area contributed by atoms with Gasteiger partial charge in [0, 0.05) is 0 Å².